The third-order valence-electron chi connectivity index (χ3n) is 9.22. The average molecular weight is 543 g/mol. The predicted molar refractivity (Wildman–Crippen MR) is 145 cm³/mol. The van der Waals surface area contributed by atoms with Gasteiger partial charge in [0.25, 0.3) is 5.92 Å². The summed E-state index contributed by atoms with van der Waals surface area (Å²) in [7, 11) is 1.42. The van der Waals surface area contributed by atoms with E-state index >= 15 is 0 Å². The molecule has 0 aromatic heterocycles. The van der Waals surface area contributed by atoms with Gasteiger partial charge in [-0.3, -0.25) is 4.79 Å². The summed E-state index contributed by atoms with van der Waals surface area (Å²) in [6.07, 6.45) is 15.9. The van der Waals surface area contributed by atoms with E-state index in [9.17, 15) is 18.7 Å². The number of carbonyl (C=O) groups excluding carboxylic acids is 1. The molecule has 3 fully saturated rings. The van der Waals surface area contributed by atoms with Crippen molar-refractivity contribution in [3.8, 4) is 0 Å². The summed E-state index contributed by atoms with van der Waals surface area (Å²) >= 11 is 0. The number of allylic oxidation sites excluding steroid dienone is 2. The van der Waals surface area contributed by atoms with E-state index < -0.39 is 12.0 Å². The number of methoxy groups -OCH3 is 1. The van der Waals surface area contributed by atoms with Crippen molar-refractivity contribution in [2.45, 2.75) is 134 Å². The molecule has 2 aliphatic heterocycles. The van der Waals surface area contributed by atoms with Gasteiger partial charge in [-0.25, -0.2) is 8.78 Å². The van der Waals surface area contributed by atoms with Crippen LogP contribution in [0, 0.1) is 23.7 Å². The first-order valence-corrected chi connectivity index (χ1v) is 15.4. The van der Waals surface area contributed by atoms with Crippen LogP contribution in [0.3, 0.4) is 0 Å². The van der Waals surface area contributed by atoms with Crippen molar-refractivity contribution in [1.82, 2.24) is 0 Å². The molecule has 2 heterocycles. The van der Waals surface area contributed by atoms with E-state index in [0.29, 0.717) is 42.9 Å². The van der Waals surface area contributed by atoms with E-state index in [-0.39, 0.29) is 31.0 Å². The minimum Gasteiger partial charge on any atom is -0.469 e. The van der Waals surface area contributed by atoms with E-state index in [2.05, 4.69) is 12.2 Å². The van der Waals surface area contributed by atoms with Gasteiger partial charge in [0.2, 0.25) is 0 Å². The zero-order chi connectivity index (χ0) is 27.4. The van der Waals surface area contributed by atoms with Gasteiger partial charge in [0.1, 0.15) is 6.10 Å². The molecule has 1 N–H and O–H groups in total. The van der Waals surface area contributed by atoms with Crippen LogP contribution in [0.1, 0.15) is 110 Å². The van der Waals surface area contributed by atoms with Gasteiger partial charge in [0.05, 0.1) is 19.3 Å². The normalized spacial score (nSPS) is 31.5. The van der Waals surface area contributed by atoms with Gasteiger partial charge >= 0.3 is 5.97 Å². The number of carbonyl (C=O) groups is 1. The molecule has 1 saturated carbocycles. The van der Waals surface area contributed by atoms with Crippen LogP contribution in [0.25, 0.3) is 0 Å². The summed E-state index contributed by atoms with van der Waals surface area (Å²) in [5.74, 6) is -1.54. The smallest absolute Gasteiger partial charge is 0.305 e. The lowest BCUT2D eigenvalue weighted by Crippen LogP contribution is -2.34. The zero-order valence-corrected chi connectivity index (χ0v) is 23.8. The lowest BCUT2D eigenvalue weighted by Gasteiger charge is -2.34. The number of alkyl halides is 2. The van der Waals surface area contributed by atoms with E-state index in [4.69, 9.17) is 14.2 Å². The maximum atomic E-state index is 14.3. The van der Waals surface area contributed by atoms with Crippen molar-refractivity contribution in [1.29, 1.82) is 0 Å². The first-order chi connectivity index (χ1) is 18.4. The third kappa shape index (κ3) is 9.26. The SMILES string of the molecule is CCCC(F)(F)C(O)CCC[C@@H]1[C@@H](C/C=C\CCCC(=O)OC)[C@@H](C2CCCCO2)C[C@H]1C1CCCCO1. The summed E-state index contributed by atoms with van der Waals surface area (Å²) in [6.45, 7) is 3.37. The molecule has 0 amide bonds. The molecule has 5 nitrogen and oxygen atoms in total. The molecule has 2 saturated heterocycles. The van der Waals surface area contributed by atoms with Crippen LogP contribution in [-0.4, -0.2) is 55.6 Å². The molecule has 38 heavy (non-hydrogen) atoms. The fourth-order valence-corrected chi connectivity index (χ4v) is 7.23. The highest BCUT2D eigenvalue weighted by Gasteiger charge is 2.49. The second kappa shape index (κ2) is 16.3. The molecular formula is C31H52F2O5. The molecule has 3 unspecified atom stereocenters. The second-order valence-corrected chi connectivity index (χ2v) is 11.8. The van der Waals surface area contributed by atoms with Crippen LogP contribution in [0.2, 0.25) is 0 Å². The summed E-state index contributed by atoms with van der Waals surface area (Å²) in [4.78, 5) is 11.4. The van der Waals surface area contributed by atoms with Gasteiger partial charge in [-0.2, -0.15) is 0 Å². The van der Waals surface area contributed by atoms with E-state index in [1.807, 2.05) is 0 Å². The highest BCUT2D eigenvalue weighted by atomic mass is 19.3. The molecule has 0 aromatic rings. The molecule has 220 valence electrons. The van der Waals surface area contributed by atoms with Crippen molar-refractivity contribution in [3.05, 3.63) is 12.2 Å². The Kier molecular flexibility index (Phi) is 13.5. The number of unbranched alkanes of at least 4 members (excludes halogenated alkanes) is 1. The highest BCUT2D eigenvalue weighted by Crippen LogP contribution is 2.52. The Bertz CT molecular complexity index is 702. The van der Waals surface area contributed by atoms with Crippen LogP contribution in [-0.2, 0) is 19.0 Å². The molecular weight excluding hydrogens is 490 g/mol. The molecule has 3 aliphatic rings. The average Bonchev–Trinajstić information content (AvgIpc) is 3.29. The lowest BCUT2D eigenvalue weighted by molar-refractivity contribution is -0.140. The summed E-state index contributed by atoms with van der Waals surface area (Å²) in [5, 5.41) is 10.3. The van der Waals surface area contributed by atoms with E-state index in [1.54, 1.807) is 6.92 Å². The number of aliphatic hydroxyl groups excluding tert-OH is 1. The fraction of sp³-hybridized carbons (Fsp3) is 0.903. The van der Waals surface area contributed by atoms with Crippen LogP contribution in [0.15, 0.2) is 12.2 Å². The molecule has 7 atom stereocenters. The molecule has 1 aliphatic carbocycles. The monoisotopic (exact) mass is 542 g/mol. The third-order valence-corrected chi connectivity index (χ3v) is 9.22. The Morgan fingerprint density at radius 3 is 2.26 bits per heavy atom. The van der Waals surface area contributed by atoms with Crippen molar-refractivity contribution < 1.29 is 32.9 Å². The second-order valence-electron chi connectivity index (χ2n) is 11.8. The number of hydrogen-bond acceptors (Lipinski definition) is 5. The summed E-state index contributed by atoms with van der Waals surface area (Å²) in [6, 6.07) is 0. The minimum absolute atomic E-state index is 0.141. The van der Waals surface area contributed by atoms with Crippen LogP contribution in [0.5, 0.6) is 0 Å². The van der Waals surface area contributed by atoms with Gasteiger partial charge in [0.15, 0.2) is 0 Å². The van der Waals surface area contributed by atoms with Gasteiger partial charge < -0.3 is 19.3 Å². The van der Waals surface area contributed by atoms with Crippen LogP contribution >= 0.6 is 0 Å². The lowest BCUT2D eigenvalue weighted by atomic mass is 9.77. The molecule has 0 bridgehead atoms. The van der Waals surface area contributed by atoms with Crippen molar-refractivity contribution in [3.63, 3.8) is 0 Å². The Morgan fingerprint density at radius 2 is 1.68 bits per heavy atom. The van der Waals surface area contributed by atoms with E-state index in [1.165, 1.54) is 20.0 Å². The quantitative estimate of drug-likeness (QED) is 0.134. The number of rotatable bonds is 15. The Balaban J connectivity index is 1.70. The Labute approximate surface area is 229 Å². The predicted octanol–water partition coefficient (Wildman–Crippen LogP) is 7.25. The van der Waals surface area contributed by atoms with Gasteiger partial charge in [0, 0.05) is 26.1 Å². The Morgan fingerprint density at radius 1 is 1.03 bits per heavy atom. The van der Waals surface area contributed by atoms with Crippen LogP contribution in [0.4, 0.5) is 8.78 Å². The number of esters is 1. The molecule has 7 heteroatoms. The summed E-state index contributed by atoms with van der Waals surface area (Å²) < 4.78 is 45.9. The Hall–Kier alpha value is -1.05. The molecule has 0 radical (unpaired) electrons. The molecule has 0 aromatic carbocycles. The van der Waals surface area contributed by atoms with Crippen molar-refractivity contribution in [2.75, 3.05) is 20.3 Å². The number of aliphatic hydroxyl groups is 1. The maximum absolute atomic E-state index is 14.3. The topological polar surface area (TPSA) is 65.0 Å². The number of ether oxygens (including phenoxy) is 3. The van der Waals surface area contributed by atoms with Crippen LogP contribution < -0.4 is 0 Å². The van der Waals surface area contributed by atoms with Gasteiger partial charge in [-0.15, -0.1) is 0 Å². The molecule has 0 spiro atoms. The van der Waals surface area contributed by atoms with Gasteiger partial charge in [-0.05, 0) is 101 Å². The first kappa shape index (κ1) is 31.5. The highest BCUT2D eigenvalue weighted by molar-refractivity contribution is 5.69. The minimum atomic E-state index is -3.01. The fourth-order valence-electron chi connectivity index (χ4n) is 7.23. The zero-order valence-electron chi connectivity index (χ0n) is 23.8. The standard InChI is InChI=1S/C31H52F2O5/c1-3-19-31(32,33)29(34)17-12-14-24-23(13-6-4-5-7-18-30(35)36-2)25(27-15-8-10-20-37-27)22-26(24)28-16-9-11-21-38-28/h4,6,23-29,34H,3,5,7-22H2,1-2H3/b6-4-/t23-,24-,25+,26-,27?,28?,29?/m1/s1. The number of halogens is 2. The molecule has 3 rings (SSSR count). The maximum Gasteiger partial charge on any atom is 0.305 e. The van der Waals surface area contributed by atoms with Gasteiger partial charge in [-0.1, -0.05) is 31.9 Å². The van der Waals surface area contributed by atoms with E-state index in [0.717, 1.165) is 71.0 Å². The number of hydrogen-bond donors (Lipinski definition) is 1. The van der Waals surface area contributed by atoms with Crippen molar-refractivity contribution >= 4 is 5.97 Å². The summed E-state index contributed by atoms with van der Waals surface area (Å²) in [5.41, 5.74) is 0. The van der Waals surface area contributed by atoms with Crippen molar-refractivity contribution in [2.24, 2.45) is 23.7 Å². The largest absolute Gasteiger partial charge is 0.469 e. The first-order valence-electron chi connectivity index (χ1n) is 15.4.